The molecule has 1 fully saturated rings. The molecule has 0 saturated carbocycles. The van der Waals surface area contributed by atoms with E-state index in [-0.39, 0.29) is 28.2 Å². The van der Waals surface area contributed by atoms with Crippen LogP contribution in [0.1, 0.15) is 41.9 Å². The summed E-state index contributed by atoms with van der Waals surface area (Å²) in [6.07, 6.45) is -2.78. The van der Waals surface area contributed by atoms with Gasteiger partial charge in [-0.05, 0) is 71.8 Å². The maximum absolute atomic E-state index is 15.2. The van der Waals surface area contributed by atoms with Gasteiger partial charge < -0.3 is 14.2 Å². The topological polar surface area (TPSA) is 51.5 Å². The van der Waals surface area contributed by atoms with Gasteiger partial charge in [0.2, 0.25) is 0 Å². The van der Waals surface area contributed by atoms with Crippen molar-refractivity contribution >= 4 is 11.8 Å². The molecule has 48 heavy (non-hydrogen) atoms. The molecule has 252 valence electrons. The van der Waals surface area contributed by atoms with Gasteiger partial charge in [0.15, 0.2) is 0 Å². The van der Waals surface area contributed by atoms with Crippen LogP contribution in [0.5, 0.6) is 5.75 Å². The lowest BCUT2D eigenvalue weighted by Crippen LogP contribution is -2.23. The first-order valence-electron chi connectivity index (χ1n) is 14.8. The molecule has 0 radical (unpaired) electrons. The molecule has 0 aliphatic carbocycles. The van der Waals surface area contributed by atoms with Crippen LogP contribution >= 0.6 is 11.8 Å². The number of thioether (sulfide) groups is 1. The molecule has 5 rings (SSSR count). The number of ether oxygens (including phenoxy) is 3. The molecular formula is C35H27F8NO3S. The lowest BCUT2D eigenvalue weighted by Gasteiger charge is -2.29. The van der Waals surface area contributed by atoms with Crippen LogP contribution in [0.3, 0.4) is 0 Å². The van der Waals surface area contributed by atoms with Crippen molar-refractivity contribution < 1.29 is 49.3 Å². The summed E-state index contributed by atoms with van der Waals surface area (Å²) in [5, 5.41) is 8.84. The van der Waals surface area contributed by atoms with Crippen molar-refractivity contribution in [2.45, 2.75) is 31.3 Å². The second kappa shape index (κ2) is 15.0. The molecule has 2 unspecified atom stereocenters. The van der Waals surface area contributed by atoms with Gasteiger partial charge in [-0.3, -0.25) is 0 Å². The third kappa shape index (κ3) is 7.77. The lowest BCUT2D eigenvalue weighted by molar-refractivity contribution is -0.187. The molecule has 2 atom stereocenters. The van der Waals surface area contributed by atoms with E-state index in [1.54, 1.807) is 6.07 Å². The predicted molar refractivity (Wildman–Crippen MR) is 163 cm³/mol. The van der Waals surface area contributed by atoms with Crippen LogP contribution in [0, 0.1) is 52.2 Å². The molecular weight excluding hydrogens is 666 g/mol. The van der Waals surface area contributed by atoms with Gasteiger partial charge >= 0.3 is 6.11 Å². The number of halogens is 8. The number of hydrogen-bond acceptors (Lipinski definition) is 5. The van der Waals surface area contributed by atoms with Gasteiger partial charge in [0, 0.05) is 31.1 Å². The highest BCUT2D eigenvalue weighted by Crippen LogP contribution is 2.41. The van der Waals surface area contributed by atoms with Crippen LogP contribution in [0.2, 0.25) is 0 Å². The fraction of sp³-hybridized carbons (Fsp3) is 0.286. The van der Waals surface area contributed by atoms with Gasteiger partial charge in [0.1, 0.15) is 52.2 Å². The van der Waals surface area contributed by atoms with E-state index in [0.29, 0.717) is 55.9 Å². The molecule has 1 aliphatic heterocycles. The van der Waals surface area contributed by atoms with Crippen LogP contribution in [-0.2, 0) is 15.6 Å². The summed E-state index contributed by atoms with van der Waals surface area (Å²) >= 11 is 1.38. The first kappa shape index (κ1) is 35.2. The largest absolute Gasteiger partial charge is 0.429 e. The third-order valence-corrected chi connectivity index (χ3v) is 8.91. The molecule has 0 bridgehead atoms. The van der Waals surface area contributed by atoms with E-state index < -0.39 is 68.9 Å². The Morgan fingerprint density at radius 2 is 1.42 bits per heavy atom. The number of nitriles is 1. The Labute approximate surface area is 275 Å². The van der Waals surface area contributed by atoms with E-state index in [2.05, 4.69) is 4.74 Å². The summed E-state index contributed by atoms with van der Waals surface area (Å²) in [6, 6.07) is 9.11. The Kier molecular flexibility index (Phi) is 11.0. The fourth-order valence-electron chi connectivity index (χ4n) is 5.16. The molecule has 1 heterocycles. The summed E-state index contributed by atoms with van der Waals surface area (Å²) in [5.74, 6) is -7.69. The zero-order valence-corrected chi connectivity index (χ0v) is 26.1. The molecule has 13 heteroatoms. The van der Waals surface area contributed by atoms with Crippen LogP contribution in [0.25, 0.3) is 22.3 Å². The maximum Gasteiger partial charge on any atom is 0.429 e. The summed E-state index contributed by atoms with van der Waals surface area (Å²) < 4.78 is 135. The van der Waals surface area contributed by atoms with Crippen molar-refractivity contribution in [3.8, 4) is 34.1 Å². The average molecular weight is 694 g/mol. The summed E-state index contributed by atoms with van der Waals surface area (Å²) in [7, 11) is 0. The van der Waals surface area contributed by atoms with Gasteiger partial charge in [0.25, 0.3) is 0 Å². The Bertz CT molecular complexity index is 1790. The number of benzene rings is 4. The van der Waals surface area contributed by atoms with Crippen molar-refractivity contribution in [1.82, 2.24) is 0 Å². The van der Waals surface area contributed by atoms with Gasteiger partial charge in [-0.15, -0.1) is 11.8 Å². The molecule has 0 aromatic heterocycles. The Morgan fingerprint density at radius 1 is 0.812 bits per heavy atom. The van der Waals surface area contributed by atoms with Gasteiger partial charge in [-0.25, -0.2) is 26.3 Å². The summed E-state index contributed by atoms with van der Waals surface area (Å²) in [4.78, 5) is 0. The van der Waals surface area contributed by atoms with Crippen molar-refractivity contribution in [3.05, 3.63) is 112 Å². The molecule has 4 aromatic rings. The van der Waals surface area contributed by atoms with Gasteiger partial charge in [0.05, 0.1) is 28.9 Å². The van der Waals surface area contributed by atoms with Gasteiger partial charge in [-0.2, -0.15) is 14.0 Å². The van der Waals surface area contributed by atoms with Crippen LogP contribution in [-0.4, -0.2) is 25.6 Å². The molecule has 1 aliphatic rings. The fourth-order valence-corrected chi connectivity index (χ4v) is 6.37. The third-order valence-electron chi connectivity index (χ3n) is 7.53. The van der Waals surface area contributed by atoms with E-state index in [9.17, 15) is 13.2 Å². The van der Waals surface area contributed by atoms with Crippen LogP contribution in [0.15, 0.2) is 60.7 Å². The second-order valence-electron chi connectivity index (χ2n) is 11.0. The highest BCUT2D eigenvalue weighted by molar-refractivity contribution is 7.99. The molecule has 0 amide bonds. The minimum absolute atomic E-state index is 0.214. The van der Waals surface area contributed by atoms with Crippen molar-refractivity contribution in [1.29, 1.82) is 5.26 Å². The number of alkyl halides is 2. The number of hydrogen-bond donors (Lipinski definition) is 0. The summed E-state index contributed by atoms with van der Waals surface area (Å²) in [5.41, 5.74) is -4.29. The highest BCUT2D eigenvalue weighted by Gasteiger charge is 2.38. The van der Waals surface area contributed by atoms with Crippen LogP contribution < -0.4 is 4.74 Å². The minimum atomic E-state index is -4.49. The zero-order valence-electron chi connectivity index (χ0n) is 25.3. The van der Waals surface area contributed by atoms with E-state index >= 15 is 22.0 Å². The quantitative estimate of drug-likeness (QED) is 0.116. The number of rotatable bonds is 11. The normalized spacial score (nSPS) is 16.5. The Hall–Kier alpha value is -4.12. The molecule has 4 aromatic carbocycles. The second-order valence-corrected chi connectivity index (χ2v) is 12.1. The first-order valence-corrected chi connectivity index (χ1v) is 15.8. The molecule has 1 saturated heterocycles. The predicted octanol–water partition coefficient (Wildman–Crippen LogP) is 10.1. The van der Waals surface area contributed by atoms with E-state index in [0.717, 1.165) is 43.2 Å². The monoisotopic (exact) mass is 693 g/mol. The minimum Gasteiger partial charge on any atom is -0.429 e. The van der Waals surface area contributed by atoms with Gasteiger partial charge in [-0.1, -0.05) is 19.1 Å². The first-order chi connectivity index (χ1) is 22.9. The SMILES string of the molecule is CCCOCCC1COC(c2cc(F)c(-c3ccc(C(F)(F)Oc4cc(F)c(-c5ccc(C#N)c(F)c5)c(F)c4)c(F)c3)c(F)c2)SC1. The average Bonchev–Trinajstić information content (AvgIpc) is 3.02. The number of nitrogens with zero attached hydrogens (tertiary/aromatic N) is 1. The lowest BCUT2D eigenvalue weighted by atomic mass is 10.00. The van der Waals surface area contributed by atoms with E-state index in [1.165, 1.54) is 11.8 Å². The van der Waals surface area contributed by atoms with Crippen molar-refractivity contribution in [3.63, 3.8) is 0 Å². The van der Waals surface area contributed by atoms with E-state index in [1.807, 2.05) is 6.92 Å². The molecule has 0 N–H and O–H groups in total. The highest BCUT2D eigenvalue weighted by atomic mass is 32.2. The smallest absolute Gasteiger partial charge is 0.429 e. The standard InChI is InChI=1S/C35H27F8NO3S/c1-2-8-45-9-7-19-17-46-34(48-18-19)23-12-28(38)32(29(39)13-23)21-5-6-25(27(37)11-21)35(42,43)47-24-14-30(40)33(31(41)15-24)20-3-4-22(16-44)26(36)10-20/h3-6,10-15,19,34H,2,7-9,17-18H2,1H3. The molecule has 4 nitrogen and oxygen atoms in total. The van der Waals surface area contributed by atoms with E-state index in [4.69, 9.17) is 14.7 Å². The zero-order chi connectivity index (χ0) is 34.6. The van der Waals surface area contributed by atoms with Crippen LogP contribution in [0.4, 0.5) is 35.1 Å². The Morgan fingerprint density at radius 3 is 1.96 bits per heavy atom. The summed E-state index contributed by atoms with van der Waals surface area (Å²) in [6.45, 7) is 3.65. The van der Waals surface area contributed by atoms with Crippen molar-refractivity contribution in [2.24, 2.45) is 5.92 Å². The maximum atomic E-state index is 15.2. The molecule has 0 spiro atoms. The van der Waals surface area contributed by atoms with Crippen molar-refractivity contribution in [2.75, 3.05) is 25.6 Å². The Balaban J connectivity index is 1.30.